The van der Waals surface area contributed by atoms with Crippen LogP contribution in [-0.2, 0) is 11.2 Å². The Kier molecular flexibility index (Phi) is 2.82. The van der Waals surface area contributed by atoms with Gasteiger partial charge in [0.05, 0.1) is 6.10 Å². The topological polar surface area (TPSA) is 26.3 Å². The summed E-state index contributed by atoms with van der Waals surface area (Å²) in [7, 11) is 3.83. The first-order valence-electron chi connectivity index (χ1n) is 6.82. The summed E-state index contributed by atoms with van der Waals surface area (Å²) >= 11 is 0. The Morgan fingerprint density at radius 3 is 2.72 bits per heavy atom. The SMILES string of the molecule is Bc1ccc2c(c1)C(=O)C1(CCC(OC)CC1)C2. The van der Waals surface area contributed by atoms with Crippen LogP contribution in [0.2, 0.25) is 0 Å². The molecule has 0 amide bonds. The van der Waals surface area contributed by atoms with E-state index in [0.29, 0.717) is 11.9 Å². The number of ketones is 1. The Morgan fingerprint density at radius 2 is 2.06 bits per heavy atom. The summed E-state index contributed by atoms with van der Waals surface area (Å²) in [6.07, 6.45) is 5.31. The van der Waals surface area contributed by atoms with Gasteiger partial charge in [-0.3, -0.25) is 4.79 Å². The molecule has 2 nitrogen and oxygen atoms in total. The minimum Gasteiger partial charge on any atom is -0.381 e. The number of fused-ring (bicyclic) bond motifs is 1. The zero-order valence-electron chi connectivity index (χ0n) is 11.2. The number of carbonyl (C=O) groups excluding carboxylic acids is 1. The van der Waals surface area contributed by atoms with Crippen molar-refractivity contribution in [3.63, 3.8) is 0 Å². The molecule has 1 saturated carbocycles. The third-order valence-electron chi connectivity index (χ3n) is 4.74. The van der Waals surface area contributed by atoms with Gasteiger partial charge in [0.1, 0.15) is 7.85 Å². The van der Waals surface area contributed by atoms with E-state index in [2.05, 4.69) is 26.0 Å². The molecule has 0 aliphatic heterocycles. The molecule has 0 bridgehead atoms. The lowest BCUT2D eigenvalue weighted by Gasteiger charge is -2.35. The van der Waals surface area contributed by atoms with Crippen LogP contribution >= 0.6 is 0 Å². The molecule has 0 saturated heterocycles. The van der Waals surface area contributed by atoms with E-state index >= 15 is 0 Å². The largest absolute Gasteiger partial charge is 0.381 e. The third kappa shape index (κ3) is 1.73. The first kappa shape index (κ1) is 12.0. The predicted molar refractivity (Wildman–Crippen MR) is 74.4 cm³/mol. The number of hydrogen-bond donors (Lipinski definition) is 0. The van der Waals surface area contributed by atoms with Gasteiger partial charge in [-0.15, -0.1) is 0 Å². The van der Waals surface area contributed by atoms with E-state index in [1.807, 2.05) is 0 Å². The summed E-state index contributed by atoms with van der Waals surface area (Å²) in [5.74, 6) is 0.385. The molecule has 0 heterocycles. The van der Waals surface area contributed by atoms with Gasteiger partial charge in [0.25, 0.3) is 0 Å². The molecule has 94 valence electrons. The van der Waals surface area contributed by atoms with Crippen LogP contribution in [0.25, 0.3) is 0 Å². The Hall–Kier alpha value is -1.09. The fraction of sp³-hybridized carbons (Fsp3) is 0.533. The lowest BCUT2D eigenvalue weighted by Crippen LogP contribution is -2.35. The molecule has 3 rings (SSSR count). The summed E-state index contributed by atoms with van der Waals surface area (Å²) in [5, 5.41) is 0. The monoisotopic (exact) mass is 242 g/mol. The molecule has 0 unspecified atom stereocenters. The minimum atomic E-state index is -0.106. The molecule has 3 heteroatoms. The molecule has 18 heavy (non-hydrogen) atoms. The number of methoxy groups -OCH3 is 1. The minimum absolute atomic E-state index is 0.106. The molecule has 2 aliphatic rings. The van der Waals surface area contributed by atoms with Crippen molar-refractivity contribution < 1.29 is 9.53 Å². The smallest absolute Gasteiger partial charge is 0.169 e. The second-order valence-electron chi connectivity index (χ2n) is 5.88. The van der Waals surface area contributed by atoms with Crippen molar-refractivity contribution in [1.82, 2.24) is 0 Å². The summed E-state index contributed by atoms with van der Waals surface area (Å²) < 4.78 is 5.41. The van der Waals surface area contributed by atoms with E-state index in [4.69, 9.17) is 4.74 Å². The number of hydrogen-bond acceptors (Lipinski definition) is 2. The van der Waals surface area contributed by atoms with Gasteiger partial charge in [-0.25, -0.2) is 0 Å². The number of benzene rings is 1. The highest BCUT2D eigenvalue weighted by Crippen LogP contribution is 2.47. The number of ether oxygens (including phenoxy) is 1. The van der Waals surface area contributed by atoms with Crippen LogP contribution < -0.4 is 5.46 Å². The zero-order chi connectivity index (χ0) is 12.8. The average molecular weight is 242 g/mol. The van der Waals surface area contributed by atoms with Gasteiger partial charge in [0.15, 0.2) is 5.78 Å². The fourth-order valence-corrected chi connectivity index (χ4v) is 3.57. The van der Waals surface area contributed by atoms with E-state index in [-0.39, 0.29) is 5.41 Å². The van der Waals surface area contributed by atoms with Crippen molar-refractivity contribution in [3.8, 4) is 0 Å². The van der Waals surface area contributed by atoms with Crippen LogP contribution in [0.4, 0.5) is 0 Å². The zero-order valence-corrected chi connectivity index (χ0v) is 11.2. The van der Waals surface area contributed by atoms with Crippen LogP contribution in [0.1, 0.15) is 41.6 Å². The van der Waals surface area contributed by atoms with Crippen molar-refractivity contribution in [2.75, 3.05) is 7.11 Å². The first-order valence-corrected chi connectivity index (χ1v) is 6.82. The van der Waals surface area contributed by atoms with Crippen molar-refractivity contribution in [2.24, 2.45) is 5.41 Å². The van der Waals surface area contributed by atoms with Gasteiger partial charge in [-0.05, 0) is 37.7 Å². The Balaban J connectivity index is 1.88. The second kappa shape index (κ2) is 4.23. The lowest BCUT2D eigenvalue weighted by molar-refractivity contribution is 0.0285. The van der Waals surface area contributed by atoms with Crippen LogP contribution in [0, 0.1) is 5.41 Å². The van der Waals surface area contributed by atoms with Crippen LogP contribution in [0.5, 0.6) is 0 Å². The molecular formula is C15H19BO2. The van der Waals surface area contributed by atoms with Gasteiger partial charge < -0.3 is 4.74 Å². The van der Waals surface area contributed by atoms with Crippen molar-refractivity contribution >= 4 is 19.1 Å². The van der Waals surface area contributed by atoms with Crippen molar-refractivity contribution in [3.05, 3.63) is 29.3 Å². The summed E-state index contributed by atoms with van der Waals surface area (Å²) in [6.45, 7) is 0. The highest BCUT2D eigenvalue weighted by molar-refractivity contribution is 6.33. The van der Waals surface area contributed by atoms with Crippen LogP contribution in [-0.4, -0.2) is 26.8 Å². The molecule has 0 radical (unpaired) electrons. The first-order chi connectivity index (χ1) is 8.64. The number of Topliss-reactive ketones (excluding diaryl/α,β-unsaturated/α-hetero) is 1. The average Bonchev–Trinajstić information content (AvgIpc) is 2.65. The molecule has 1 aromatic carbocycles. The molecule has 0 N–H and O–H groups in total. The van der Waals surface area contributed by atoms with Crippen molar-refractivity contribution in [2.45, 2.75) is 38.2 Å². The normalized spacial score (nSPS) is 30.7. The van der Waals surface area contributed by atoms with E-state index in [9.17, 15) is 4.79 Å². The summed E-state index contributed by atoms with van der Waals surface area (Å²) in [5.41, 5.74) is 3.31. The third-order valence-corrected chi connectivity index (χ3v) is 4.74. The molecule has 0 atom stereocenters. The fourth-order valence-electron chi connectivity index (χ4n) is 3.57. The quantitative estimate of drug-likeness (QED) is 0.693. The van der Waals surface area contributed by atoms with Gasteiger partial charge >= 0.3 is 0 Å². The lowest BCUT2D eigenvalue weighted by atomic mass is 9.70. The Morgan fingerprint density at radius 1 is 1.33 bits per heavy atom. The molecule has 1 fully saturated rings. The van der Waals surface area contributed by atoms with Crippen LogP contribution in [0.3, 0.4) is 0 Å². The molecular weight excluding hydrogens is 223 g/mol. The Labute approximate surface area is 109 Å². The van der Waals surface area contributed by atoms with Gasteiger partial charge in [-0.2, -0.15) is 0 Å². The highest BCUT2D eigenvalue weighted by atomic mass is 16.5. The van der Waals surface area contributed by atoms with E-state index in [1.165, 1.54) is 11.0 Å². The number of carbonyl (C=O) groups is 1. The summed E-state index contributed by atoms with van der Waals surface area (Å²) in [4.78, 5) is 12.7. The molecule has 1 spiro atoms. The summed E-state index contributed by atoms with van der Waals surface area (Å²) in [6, 6.07) is 6.32. The highest BCUT2D eigenvalue weighted by Gasteiger charge is 2.47. The maximum absolute atomic E-state index is 12.7. The molecule has 0 aromatic heterocycles. The maximum Gasteiger partial charge on any atom is 0.169 e. The van der Waals surface area contributed by atoms with E-state index < -0.39 is 0 Å². The molecule has 1 aromatic rings. The van der Waals surface area contributed by atoms with Gasteiger partial charge in [-0.1, -0.05) is 23.7 Å². The standard InChI is InChI=1S/C15H19BO2/c1-18-12-4-6-15(7-5-12)9-10-2-3-11(16)8-13(10)14(15)17/h2-3,8,12H,4-7,9,16H2,1H3. The Bertz CT molecular complexity index is 487. The van der Waals surface area contributed by atoms with Gasteiger partial charge in [0, 0.05) is 18.1 Å². The maximum atomic E-state index is 12.7. The van der Waals surface area contributed by atoms with E-state index in [0.717, 1.165) is 37.7 Å². The predicted octanol–water partition coefficient (Wildman–Crippen LogP) is 1.26. The number of rotatable bonds is 1. The van der Waals surface area contributed by atoms with Gasteiger partial charge in [0.2, 0.25) is 0 Å². The van der Waals surface area contributed by atoms with E-state index in [1.54, 1.807) is 7.11 Å². The van der Waals surface area contributed by atoms with Crippen molar-refractivity contribution in [1.29, 1.82) is 0 Å². The van der Waals surface area contributed by atoms with Crippen LogP contribution in [0.15, 0.2) is 18.2 Å². The second-order valence-corrected chi connectivity index (χ2v) is 5.88. The molecule has 2 aliphatic carbocycles.